The maximum absolute atomic E-state index is 10.8. The number of nitrogens with one attached hydrogen (secondary N) is 1. The van der Waals surface area contributed by atoms with Crippen LogP contribution in [-0.4, -0.2) is 11.0 Å². The van der Waals surface area contributed by atoms with Crippen molar-refractivity contribution in [3.8, 4) is 0 Å². The lowest BCUT2D eigenvalue weighted by Crippen LogP contribution is -2.27. The van der Waals surface area contributed by atoms with E-state index in [2.05, 4.69) is 5.32 Å². The van der Waals surface area contributed by atoms with E-state index in [0.29, 0.717) is 5.56 Å². The summed E-state index contributed by atoms with van der Waals surface area (Å²) in [6, 6.07) is 6.91. The summed E-state index contributed by atoms with van der Waals surface area (Å²) in [6.07, 6.45) is 0. The van der Waals surface area contributed by atoms with Gasteiger partial charge in [0.1, 0.15) is 11.1 Å². The van der Waals surface area contributed by atoms with Crippen molar-refractivity contribution in [3.63, 3.8) is 0 Å². The van der Waals surface area contributed by atoms with Gasteiger partial charge in [0.25, 0.3) is 5.70 Å². The zero-order chi connectivity index (χ0) is 11.0. The molecule has 78 valence electrons. The predicted molar refractivity (Wildman–Crippen MR) is 59.3 cm³/mol. The number of hydrogen-bond donors (Lipinski definition) is 1. The quantitative estimate of drug-likeness (QED) is 0.589. The SMILES string of the molecule is CC1Nc2ccccc2C(Cl)=C1[N+](=O)[O-]. The molecule has 1 unspecified atom stereocenters. The highest BCUT2D eigenvalue weighted by Gasteiger charge is 2.31. The monoisotopic (exact) mass is 224 g/mol. The lowest BCUT2D eigenvalue weighted by molar-refractivity contribution is -0.427. The van der Waals surface area contributed by atoms with Crippen LogP contribution in [0, 0.1) is 10.1 Å². The second kappa shape index (κ2) is 3.55. The molecule has 1 N–H and O–H groups in total. The average molecular weight is 225 g/mol. The highest BCUT2D eigenvalue weighted by Crippen LogP contribution is 2.36. The van der Waals surface area contributed by atoms with E-state index in [1.807, 2.05) is 12.1 Å². The van der Waals surface area contributed by atoms with Crippen LogP contribution in [0.1, 0.15) is 12.5 Å². The number of rotatable bonds is 1. The summed E-state index contributed by atoms with van der Waals surface area (Å²) in [5, 5.41) is 14.1. The van der Waals surface area contributed by atoms with Crippen LogP contribution in [-0.2, 0) is 0 Å². The molecule has 5 heteroatoms. The fraction of sp³-hybridized carbons (Fsp3) is 0.200. The number of nitrogens with zero attached hydrogens (tertiary/aromatic N) is 1. The Hall–Kier alpha value is -1.55. The third-order valence-electron chi connectivity index (χ3n) is 2.37. The van der Waals surface area contributed by atoms with Gasteiger partial charge in [-0.15, -0.1) is 0 Å². The van der Waals surface area contributed by atoms with Crippen molar-refractivity contribution in [1.29, 1.82) is 0 Å². The van der Waals surface area contributed by atoms with Crippen molar-refractivity contribution in [2.24, 2.45) is 0 Å². The van der Waals surface area contributed by atoms with E-state index in [-0.39, 0.29) is 16.8 Å². The van der Waals surface area contributed by atoms with E-state index in [1.165, 1.54) is 0 Å². The maximum Gasteiger partial charge on any atom is 0.287 e. The third kappa shape index (κ3) is 1.57. The molecule has 4 nitrogen and oxygen atoms in total. The molecule has 1 aromatic rings. The van der Waals surface area contributed by atoms with E-state index >= 15 is 0 Å². The number of nitro groups is 1. The molecule has 1 aliphatic heterocycles. The molecule has 0 amide bonds. The molecule has 15 heavy (non-hydrogen) atoms. The summed E-state index contributed by atoms with van der Waals surface area (Å²) in [5.41, 5.74) is 1.54. The number of benzene rings is 1. The Morgan fingerprint density at radius 2 is 2.13 bits per heavy atom. The molecule has 1 aliphatic rings. The number of anilines is 1. The molecule has 1 aromatic carbocycles. The standard InChI is InChI=1S/C10H9ClN2O2/c1-6-10(13(14)15)9(11)7-4-2-3-5-8(7)12-6/h2-6,12H,1H3. The first-order valence-electron chi connectivity index (χ1n) is 4.51. The molecule has 1 heterocycles. The minimum absolute atomic E-state index is 0.0235. The van der Waals surface area contributed by atoms with Gasteiger partial charge in [0.15, 0.2) is 0 Å². The van der Waals surface area contributed by atoms with E-state index in [1.54, 1.807) is 19.1 Å². The number of para-hydroxylation sites is 1. The smallest absolute Gasteiger partial charge is 0.287 e. The Morgan fingerprint density at radius 3 is 2.80 bits per heavy atom. The molecule has 1 atom stereocenters. The van der Waals surface area contributed by atoms with E-state index < -0.39 is 4.92 Å². The van der Waals surface area contributed by atoms with Crippen LogP contribution in [0.3, 0.4) is 0 Å². The summed E-state index contributed by atoms with van der Waals surface area (Å²) in [6.45, 7) is 1.72. The van der Waals surface area contributed by atoms with Gasteiger partial charge in [-0.3, -0.25) is 10.1 Å². The second-order valence-electron chi connectivity index (χ2n) is 3.37. The first kappa shape index (κ1) is 9.98. The molecule has 0 fully saturated rings. The van der Waals surface area contributed by atoms with Crippen molar-refractivity contribution >= 4 is 22.3 Å². The fourth-order valence-corrected chi connectivity index (χ4v) is 2.07. The van der Waals surface area contributed by atoms with Gasteiger partial charge < -0.3 is 5.32 Å². The van der Waals surface area contributed by atoms with Gasteiger partial charge in [-0.25, -0.2) is 0 Å². The number of halogens is 1. The summed E-state index contributed by atoms with van der Waals surface area (Å²) in [4.78, 5) is 10.4. The van der Waals surface area contributed by atoms with Crippen LogP contribution in [0.25, 0.3) is 5.03 Å². The summed E-state index contributed by atoms with van der Waals surface area (Å²) in [7, 11) is 0. The minimum Gasteiger partial charge on any atom is -0.372 e. The van der Waals surface area contributed by atoms with Crippen LogP contribution in [0.15, 0.2) is 30.0 Å². The van der Waals surface area contributed by atoms with Gasteiger partial charge in [-0.2, -0.15) is 0 Å². The molecule has 0 aliphatic carbocycles. The number of fused-ring (bicyclic) bond motifs is 1. The Kier molecular flexibility index (Phi) is 2.36. The Bertz CT molecular complexity index is 456. The molecule has 0 bridgehead atoms. The van der Waals surface area contributed by atoms with Gasteiger partial charge in [-0.1, -0.05) is 29.8 Å². The van der Waals surface area contributed by atoms with E-state index in [0.717, 1.165) is 5.69 Å². The van der Waals surface area contributed by atoms with Gasteiger partial charge >= 0.3 is 0 Å². The van der Waals surface area contributed by atoms with Crippen LogP contribution >= 0.6 is 11.6 Å². The Labute approximate surface area is 91.7 Å². The Morgan fingerprint density at radius 1 is 1.47 bits per heavy atom. The first-order chi connectivity index (χ1) is 7.11. The normalized spacial score (nSPS) is 19.5. The zero-order valence-electron chi connectivity index (χ0n) is 8.03. The lowest BCUT2D eigenvalue weighted by atomic mass is 10.0. The minimum atomic E-state index is -0.435. The molecule has 2 rings (SSSR count). The lowest BCUT2D eigenvalue weighted by Gasteiger charge is -2.21. The van der Waals surface area contributed by atoms with Crippen LogP contribution in [0.5, 0.6) is 0 Å². The molecule has 0 spiro atoms. The van der Waals surface area contributed by atoms with E-state index in [9.17, 15) is 10.1 Å². The van der Waals surface area contributed by atoms with Crippen LogP contribution in [0.2, 0.25) is 0 Å². The molecular formula is C10H9ClN2O2. The molecule has 0 aromatic heterocycles. The second-order valence-corrected chi connectivity index (χ2v) is 3.75. The highest BCUT2D eigenvalue weighted by molar-refractivity contribution is 6.50. The average Bonchev–Trinajstić information content (AvgIpc) is 2.17. The topological polar surface area (TPSA) is 55.2 Å². The maximum atomic E-state index is 10.8. The summed E-state index contributed by atoms with van der Waals surface area (Å²) >= 11 is 6.00. The highest BCUT2D eigenvalue weighted by atomic mass is 35.5. The largest absolute Gasteiger partial charge is 0.372 e. The molecule has 0 saturated carbocycles. The summed E-state index contributed by atoms with van der Waals surface area (Å²) < 4.78 is 0. The van der Waals surface area contributed by atoms with Crippen LogP contribution < -0.4 is 5.32 Å². The van der Waals surface area contributed by atoms with Gasteiger partial charge in [0.2, 0.25) is 0 Å². The first-order valence-corrected chi connectivity index (χ1v) is 4.89. The Balaban J connectivity index is 2.62. The van der Waals surface area contributed by atoms with Crippen molar-refractivity contribution in [1.82, 2.24) is 0 Å². The zero-order valence-corrected chi connectivity index (χ0v) is 8.78. The van der Waals surface area contributed by atoms with Crippen LogP contribution in [0.4, 0.5) is 5.69 Å². The van der Waals surface area contributed by atoms with E-state index in [4.69, 9.17) is 11.6 Å². The molecular weight excluding hydrogens is 216 g/mol. The summed E-state index contributed by atoms with van der Waals surface area (Å²) in [5.74, 6) is 0. The fourth-order valence-electron chi connectivity index (χ4n) is 1.67. The van der Waals surface area contributed by atoms with Crippen molar-refractivity contribution in [3.05, 3.63) is 45.6 Å². The van der Waals surface area contributed by atoms with Crippen molar-refractivity contribution < 1.29 is 4.92 Å². The predicted octanol–water partition coefficient (Wildman–Crippen LogP) is 2.68. The van der Waals surface area contributed by atoms with Gasteiger partial charge in [-0.05, 0) is 13.0 Å². The third-order valence-corrected chi connectivity index (χ3v) is 2.76. The van der Waals surface area contributed by atoms with Crippen molar-refractivity contribution in [2.45, 2.75) is 13.0 Å². The molecule has 0 radical (unpaired) electrons. The number of hydrogen-bond acceptors (Lipinski definition) is 3. The van der Waals surface area contributed by atoms with Crippen molar-refractivity contribution in [2.75, 3.05) is 5.32 Å². The molecule has 0 saturated heterocycles. The van der Waals surface area contributed by atoms with Gasteiger partial charge in [0.05, 0.1) is 4.92 Å². The van der Waals surface area contributed by atoms with Gasteiger partial charge in [0, 0.05) is 11.3 Å².